The number of nitrogens with one attached hydrogen (secondary N) is 1. The van der Waals surface area contributed by atoms with E-state index in [-0.39, 0.29) is 0 Å². The Morgan fingerprint density at radius 2 is 2.16 bits per heavy atom. The quantitative estimate of drug-likeness (QED) is 0.904. The summed E-state index contributed by atoms with van der Waals surface area (Å²) in [5, 5.41) is 4.45. The second kappa shape index (κ2) is 5.09. The van der Waals surface area contributed by atoms with E-state index in [0.717, 1.165) is 24.3 Å². The summed E-state index contributed by atoms with van der Waals surface area (Å²) in [5.41, 5.74) is 8.67. The van der Waals surface area contributed by atoms with Crippen molar-refractivity contribution in [3.05, 3.63) is 35.4 Å². The van der Waals surface area contributed by atoms with Crippen molar-refractivity contribution in [2.45, 2.75) is 25.3 Å². The van der Waals surface area contributed by atoms with E-state index in [9.17, 15) is 0 Å². The van der Waals surface area contributed by atoms with Gasteiger partial charge in [-0.25, -0.2) is 0 Å². The van der Waals surface area contributed by atoms with E-state index < -0.39 is 0 Å². The number of benzene rings is 1. The molecule has 1 aliphatic rings. The van der Waals surface area contributed by atoms with Gasteiger partial charge >= 0.3 is 0 Å². The second-order valence-corrected chi connectivity index (χ2v) is 5.56. The van der Waals surface area contributed by atoms with Gasteiger partial charge in [-0.05, 0) is 41.9 Å². The summed E-state index contributed by atoms with van der Waals surface area (Å²) in [4.78, 5) is 0. The molecule has 1 aromatic carbocycles. The van der Waals surface area contributed by atoms with Crippen molar-refractivity contribution in [3.8, 4) is 5.75 Å². The molecule has 19 heavy (non-hydrogen) atoms. The lowest BCUT2D eigenvalue weighted by Gasteiger charge is -2.25. The van der Waals surface area contributed by atoms with Gasteiger partial charge in [0.25, 0.3) is 0 Å². The van der Waals surface area contributed by atoms with Gasteiger partial charge in [0, 0.05) is 6.04 Å². The first-order chi connectivity index (χ1) is 9.28. The van der Waals surface area contributed by atoms with E-state index in [1.807, 2.05) is 0 Å². The maximum absolute atomic E-state index is 5.77. The van der Waals surface area contributed by atoms with Gasteiger partial charge < -0.3 is 15.8 Å². The molecule has 1 heterocycles. The minimum atomic E-state index is 0.420. The molecular weight excluding hydrogens is 258 g/mol. The third-order valence-electron chi connectivity index (χ3n) is 3.56. The monoisotopic (exact) mass is 275 g/mol. The third kappa shape index (κ3) is 2.38. The highest BCUT2D eigenvalue weighted by molar-refractivity contribution is 7.11. The fraction of sp³-hybridized carbons (Fsp3) is 0.357. The van der Waals surface area contributed by atoms with Crippen LogP contribution in [0.15, 0.2) is 24.3 Å². The molecule has 0 spiro atoms. The number of aromatic nitrogens is 1. The molecule has 0 saturated heterocycles. The van der Waals surface area contributed by atoms with Crippen LogP contribution in [0.25, 0.3) is 0 Å². The van der Waals surface area contributed by atoms with Gasteiger partial charge in [-0.15, -0.1) is 0 Å². The van der Waals surface area contributed by atoms with Gasteiger partial charge in [0.1, 0.15) is 0 Å². The van der Waals surface area contributed by atoms with E-state index in [1.54, 1.807) is 7.11 Å². The average molecular weight is 275 g/mol. The highest BCUT2D eigenvalue weighted by Crippen LogP contribution is 2.36. The number of hydrogen-bond acceptors (Lipinski definition) is 5. The van der Waals surface area contributed by atoms with Crippen molar-refractivity contribution in [3.63, 3.8) is 0 Å². The maximum Gasteiger partial charge on any atom is 0.197 e. The van der Waals surface area contributed by atoms with Crippen LogP contribution < -0.4 is 15.8 Å². The summed E-state index contributed by atoms with van der Waals surface area (Å²) in [6.07, 6.45) is 3.28. The standard InChI is InChI=1S/C14H17N3OS/c1-18-12-13(15)17-19-14(12)16-11-7-6-9-4-2-3-5-10(9)8-11/h2-5,11,16H,6-8H2,1H3,(H2,15,17). The Labute approximate surface area is 116 Å². The minimum absolute atomic E-state index is 0.420. The van der Waals surface area contributed by atoms with Crippen molar-refractivity contribution < 1.29 is 4.74 Å². The smallest absolute Gasteiger partial charge is 0.197 e. The Bertz CT molecular complexity index is 582. The lowest BCUT2D eigenvalue weighted by Crippen LogP contribution is -2.27. The molecule has 0 amide bonds. The molecule has 1 unspecified atom stereocenters. The highest BCUT2D eigenvalue weighted by atomic mass is 32.1. The van der Waals surface area contributed by atoms with Crippen molar-refractivity contribution in [2.24, 2.45) is 0 Å². The second-order valence-electron chi connectivity index (χ2n) is 4.78. The summed E-state index contributed by atoms with van der Waals surface area (Å²) in [5.74, 6) is 1.13. The van der Waals surface area contributed by atoms with Crippen LogP contribution in [-0.4, -0.2) is 17.5 Å². The number of aryl methyl sites for hydroxylation is 1. The number of nitrogens with two attached hydrogens (primary N) is 1. The van der Waals surface area contributed by atoms with Gasteiger partial charge in [-0.2, -0.15) is 4.37 Å². The number of nitrogen functional groups attached to an aromatic ring is 1. The minimum Gasteiger partial charge on any atom is -0.490 e. The van der Waals surface area contributed by atoms with Crippen LogP contribution in [0.5, 0.6) is 5.75 Å². The number of rotatable bonds is 3. The number of fused-ring (bicyclic) bond motifs is 1. The van der Waals surface area contributed by atoms with Crippen LogP contribution in [0.3, 0.4) is 0 Å². The zero-order valence-electron chi connectivity index (χ0n) is 10.8. The van der Waals surface area contributed by atoms with E-state index in [2.05, 4.69) is 34.0 Å². The van der Waals surface area contributed by atoms with Crippen molar-refractivity contribution in [1.82, 2.24) is 4.37 Å². The molecule has 0 bridgehead atoms. The Kier molecular flexibility index (Phi) is 3.29. The van der Waals surface area contributed by atoms with Crippen molar-refractivity contribution >= 4 is 22.4 Å². The normalized spacial score (nSPS) is 17.8. The van der Waals surface area contributed by atoms with E-state index in [1.165, 1.54) is 22.7 Å². The molecule has 0 saturated carbocycles. The Morgan fingerprint density at radius 3 is 2.95 bits per heavy atom. The van der Waals surface area contributed by atoms with Gasteiger partial charge in [0.15, 0.2) is 16.6 Å². The third-order valence-corrected chi connectivity index (χ3v) is 4.33. The van der Waals surface area contributed by atoms with Crippen molar-refractivity contribution in [2.75, 3.05) is 18.2 Å². The predicted molar refractivity (Wildman–Crippen MR) is 79.0 cm³/mol. The topological polar surface area (TPSA) is 60.2 Å². The lowest BCUT2D eigenvalue weighted by molar-refractivity contribution is 0.418. The summed E-state index contributed by atoms with van der Waals surface area (Å²) in [7, 11) is 1.63. The molecule has 100 valence electrons. The Hall–Kier alpha value is -1.75. The van der Waals surface area contributed by atoms with Crippen molar-refractivity contribution in [1.29, 1.82) is 0 Å². The molecule has 1 aromatic heterocycles. The maximum atomic E-state index is 5.77. The number of nitrogens with zero attached hydrogens (tertiary/aromatic N) is 1. The number of anilines is 2. The molecule has 1 aliphatic carbocycles. The Morgan fingerprint density at radius 1 is 1.37 bits per heavy atom. The molecule has 3 rings (SSSR count). The summed E-state index contributed by atoms with van der Waals surface area (Å²) in [6, 6.07) is 9.06. The molecular formula is C14H17N3OS. The fourth-order valence-corrected chi connectivity index (χ4v) is 3.35. The summed E-state index contributed by atoms with van der Waals surface area (Å²) < 4.78 is 9.42. The molecule has 1 atom stereocenters. The first kappa shape index (κ1) is 12.3. The number of methoxy groups -OCH3 is 1. The van der Waals surface area contributed by atoms with E-state index >= 15 is 0 Å². The molecule has 5 heteroatoms. The average Bonchev–Trinajstić information content (AvgIpc) is 2.79. The molecule has 3 N–H and O–H groups in total. The molecule has 0 aliphatic heterocycles. The fourth-order valence-electron chi connectivity index (χ4n) is 2.59. The molecule has 0 fully saturated rings. The van der Waals surface area contributed by atoms with Crippen LogP contribution >= 0.6 is 11.5 Å². The van der Waals surface area contributed by atoms with Gasteiger partial charge in [0.05, 0.1) is 7.11 Å². The SMILES string of the molecule is COc1c(N)nsc1NC1CCc2ccccc2C1. The van der Waals surface area contributed by atoms with E-state index in [4.69, 9.17) is 10.5 Å². The largest absolute Gasteiger partial charge is 0.490 e. The number of ether oxygens (including phenoxy) is 1. The zero-order chi connectivity index (χ0) is 13.2. The highest BCUT2D eigenvalue weighted by Gasteiger charge is 2.21. The first-order valence-electron chi connectivity index (χ1n) is 6.40. The zero-order valence-corrected chi connectivity index (χ0v) is 11.7. The van der Waals surface area contributed by atoms with Gasteiger partial charge in [-0.1, -0.05) is 24.3 Å². The van der Waals surface area contributed by atoms with Gasteiger partial charge in [0.2, 0.25) is 0 Å². The van der Waals surface area contributed by atoms with Crippen LogP contribution in [0.4, 0.5) is 10.8 Å². The first-order valence-corrected chi connectivity index (χ1v) is 7.17. The van der Waals surface area contributed by atoms with Gasteiger partial charge in [-0.3, -0.25) is 0 Å². The van der Waals surface area contributed by atoms with Crippen LogP contribution in [0.2, 0.25) is 0 Å². The predicted octanol–water partition coefficient (Wildman–Crippen LogP) is 2.70. The summed E-state index contributed by atoms with van der Waals surface area (Å²) >= 11 is 1.36. The number of hydrogen-bond donors (Lipinski definition) is 2. The van der Waals surface area contributed by atoms with E-state index in [0.29, 0.717) is 17.6 Å². The summed E-state index contributed by atoms with van der Waals surface area (Å²) in [6.45, 7) is 0. The molecule has 2 aromatic rings. The lowest BCUT2D eigenvalue weighted by atomic mass is 9.88. The molecule has 4 nitrogen and oxygen atoms in total. The Balaban J connectivity index is 1.75. The van der Waals surface area contributed by atoms with Crippen LogP contribution in [0.1, 0.15) is 17.5 Å². The molecule has 0 radical (unpaired) electrons. The van der Waals surface area contributed by atoms with Crippen LogP contribution in [-0.2, 0) is 12.8 Å². The van der Waals surface area contributed by atoms with Crippen LogP contribution in [0, 0.1) is 0 Å².